The van der Waals surface area contributed by atoms with Gasteiger partial charge < -0.3 is 15.8 Å². The number of hydrogen-bond donors (Lipinski definition) is 2. The summed E-state index contributed by atoms with van der Waals surface area (Å²) < 4.78 is 6.70. The highest BCUT2D eigenvalue weighted by Gasteiger charge is 2.32. The fourth-order valence-electron chi connectivity index (χ4n) is 3.28. The van der Waals surface area contributed by atoms with E-state index in [1.165, 1.54) is 5.56 Å². The molecular weight excluding hydrogens is 354 g/mol. The molecule has 0 fully saturated rings. The van der Waals surface area contributed by atoms with Gasteiger partial charge in [0, 0.05) is 28.3 Å². The van der Waals surface area contributed by atoms with Gasteiger partial charge in [0.25, 0.3) is 0 Å². The number of allylic oxidation sites excluding steroid dienone is 1. The SMILES string of the molecule is N#CC1=C(N)Oc2cc3c(cc2C1c1cccc(Br)c1)CCN3. The number of anilines is 1. The van der Waals surface area contributed by atoms with Crippen LogP contribution >= 0.6 is 15.9 Å². The molecule has 0 amide bonds. The van der Waals surface area contributed by atoms with Crippen molar-refractivity contribution in [3.05, 3.63) is 69.0 Å². The number of nitriles is 1. The lowest BCUT2D eigenvalue weighted by Crippen LogP contribution is -2.21. The molecule has 2 aromatic rings. The van der Waals surface area contributed by atoms with Crippen molar-refractivity contribution in [2.24, 2.45) is 5.73 Å². The molecule has 4 nitrogen and oxygen atoms in total. The molecule has 0 aliphatic carbocycles. The van der Waals surface area contributed by atoms with E-state index < -0.39 is 0 Å². The van der Waals surface area contributed by atoms with Crippen LogP contribution in [0.1, 0.15) is 22.6 Å². The summed E-state index contributed by atoms with van der Waals surface area (Å²) in [5.41, 5.74) is 10.8. The normalized spacial score (nSPS) is 18.5. The minimum absolute atomic E-state index is 0.183. The average Bonchev–Trinajstić information content (AvgIpc) is 2.98. The Hall–Kier alpha value is -2.45. The van der Waals surface area contributed by atoms with E-state index in [0.29, 0.717) is 5.57 Å². The third-order valence-electron chi connectivity index (χ3n) is 4.33. The monoisotopic (exact) mass is 367 g/mol. The van der Waals surface area contributed by atoms with E-state index >= 15 is 0 Å². The second-order valence-electron chi connectivity index (χ2n) is 5.70. The molecule has 0 saturated heterocycles. The Morgan fingerprint density at radius 3 is 2.96 bits per heavy atom. The van der Waals surface area contributed by atoms with E-state index in [0.717, 1.165) is 40.0 Å². The van der Waals surface area contributed by atoms with Gasteiger partial charge in [-0.05, 0) is 35.7 Å². The second kappa shape index (κ2) is 5.32. The molecule has 2 heterocycles. The highest BCUT2D eigenvalue weighted by Crippen LogP contribution is 2.45. The molecule has 114 valence electrons. The third-order valence-corrected chi connectivity index (χ3v) is 4.83. The van der Waals surface area contributed by atoms with Crippen molar-refractivity contribution in [1.82, 2.24) is 0 Å². The van der Waals surface area contributed by atoms with Crippen LogP contribution < -0.4 is 15.8 Å². The number of rotatable bonds is 1. The van der Waals surface area contributed by atoms with Crippen molar-refractivity contribution in [3.63, 3.8) is 0 Å². The van der Waals surface area contributed by atoms with Crippen LogP contribution in [0.5, 0.6) is 5.75 Å². The van der Waals surface area contributed by atoms with Gasteiger partial charge in [0.1, 0.15) is 17.4 Å². The molecule has 3 N–H and O–H groups in total. The minimum Gasteiger partial charge on any atom is -0.440 e. The average molecular weight is 368 g/mol. The van der Waals surface area contributed by atoms with Crippen LogP contribution in [0.4, 0.5) is 5.69 Å². The summed E-state index contributed by atoms with van der Waals surface area (Å²) in [5.74, 6) is 0.703. The van der Waals surface area contributed by atoms with Crippen LogP contribution in [0.3, 0.4) is 0 Å². The number of nitrogens with one attached hydrogen (secondary N) is 1. The summed E-state index contributed by atoms with van der Waals surface area (Å²) in [6.07, 6.45) is 0.981. The highest BCUT2D eigenvalue weighted by molar-refractivity contribution is 9.10. The molecule has 0 radical (unpaired) electrons. The first-order valence-electron chi connectivity index (χ1n) is 7.41. The van der Waals surface area contributed by atoms with E-state index in [4.69, 9.17) is 10.5 Å². The van der Waals surface area contributed by atoms with Gasteiger partial charge in [0.15, 0.2) is 0 Å². The first kappa shape index (κ1) is 14.2. The summed E-state index contributed by atoms with van der Waals surface area (Å²) in [6.45, 7) is 0.924. The van der Waals surface area contributed by atoms with Crippen molar-refractivity contribution >= 4 is 21.6 Å². The van der Waals surface area contributed by atoms with Crippen LogP contribution in [-0.4, -0.2) is 6.54 Å². The van der Waals surface area contributed by atoms with Crippen molar-refractivity contribution in [1.29, 1.82) is 5.26 Å². The van der Waals surface area contributed by atoms with Gasteiger partial charge in [-0.3, -0.25) is 0 Å². The maximum Gasteiger partial charge on any atom is 0.205 e. The van der Waals surface area contributed by atoms with E-state index in [1.54, 1.807) is 0 Å². The molecule has 0 bridgehead atoms. The molecule has 0 aromatic heterocycles. The van der Waals surface area contributed by atoms with E-state index in [2.05, 4.69) is 33.4 Å². The molecular formula is C18H14BrN3O. The van der Waals surface area contributed by atoms with Crippen molar-refractivity contribution in [3.8, 4) is 11.8 Å². The summed E-state index contributed by atoms with van der Waals surface area (Å²) in [4.78, 5) is 0. The Labute approximate surface area is 142 Å². The van der Waals surface area contributed by atoms with Gasteiger partial charge >= 0.3 is 0 Å². The Morgan fingerprint density at radius 1 is 1.30 bits per heavy atom. The minimum atomic E-state index is -0.202. The van der Waals surface area contributed by atoms with Gasteiger partial charge in [-0.25, -0.2) is 0 Å². The zero-order chi connectivity index (χ0) is 16.0. The summed E-state index contributed by atoms with van der Waals surface area (Å²) in [7, 11) is 0. The Bertz CT molecular complexity index is 882. The van der Waals surface area contributed by atoms with Crippen LogP contribution in [0.15, 0.2) is 52.3 Å². The Morgan fingerprint density at radius 2 is 2.17 bits per heavy atom. The molecule has 2 aliphatic heterocycles. The van der Waals surface area contributed by atoms with Gasteiger partial charge in [-0.1, -0.05) is 28.1 Å². The maximum absolute atomic E-state index is 9.59. The van der Waals surface area contributed by atoms with Gasteiger partial charge in [0.05, 0.1) is 5.92 Å². The zero-order valence-electron chi connectivity index (χ0n) is 12.3. The largest absolute Gasteiger partial charge is 0.440 e. The molecule has 1 atom stereocenters. The van der Waals surface area contributed by atoms with Gasteiger partial charge in [-0.15, -0.1) is 0 Å². The second-order valence-corrected chi connectivity index (χ2v) is 6.62. The molecule has 1 unspecified atom stereocenters. The van der Waals surface area contributed by atoms with Crippen LogP contribution in [0, 0.1) is 11.3 Å². The molecule has 5 heteroatoms. The Balaban J connectivity index is 1.94. The lowest BCUT2D eigenvalue weighted by atomic mass is 9.82. The van der Waals surface area contributed by atoms with E-state index in [-0.39, 0.29) is 11.8 Å². The highest BCUT2D eigenvalue weighted by atomic mass is 79.9. The number of benzene rings is 2. The predicted molar refractivity (Wildman–Crippen MR) is 92.1 cm³/mol. The zero-order valence-corrected chi connectivity index (χ0v) is 13.9. The third kappa shape index (κ3) is 2.27. The first-order valence-corrected chi connectivity index (χ1v) is 8.20. The lowest BCUT2D eigenvalue weighted by molar-refractivity contribution is 0.394. The van der Waals surface area contributed by atoms with Gasteiger partial charge in [-0.2, -0.15) is 5.26 Å². The number of nitrogens with zero attached hydrogens (tertiary/aromatic N) is 1. The molecule has 23 heavy (non-hydrogen) atoms. The van der Waals surface area contributed by atoms with Gasteiger partial charge in [0.2, 0.25) is 5.88 Å². The van der Waals surface area contributed by atoms with Crippen LogP contribution in [-0.2, 0) is 6.42 Å². The first-order chi connectivity index (χ1) is 11.2. The summed E-state index contributed by atoms with van der Waals surface area (Å²) >= 11 is 3.50. The number of fused-ring (bicyclic) bond motifs is 2. The number of nitrogens with two attached hydrogens (primary N) is 1. The molecule has 0 spiro atoms. The topological polar surface area (TPSA) is 71.1 Å². The molecule has 4 rings (SSSR count). The summed E-state index contributed by atoms with van der Waals surface area (Å²) in [5, 5.41) is 12.9. The standard InChI is InChI=1S/C18H14BrN3O/c19-12-3-1-2-11(6-12)17-13-7-10-4-5-22-15(10)8-16(13)23-18(21)14(17)9-20/h1-3,6-8,17,22H,4-5,21H2. The van der Waals surface area contributed by atoms with Crippen LogP contribution in [0.25, 0.3) is 0 Å². The maximum atomic E-state index is 9.59. The lowest BCUT2D eigenvalue weighted by Gasteiger charge is -2.27. The van der Waals surface area contributed by atoms with E-state index in [9.17, 15) is 5.26 Å². The quantitative estimate of drug-likeness (QED) is 0.806. The molecule has 2 aromatic carbocycles. The predicted octanol–water partition coefficient (Wildman–Crippen LogP) is 3.64. The smallest absolute Gasteiger partial charge is 0.205 e. The number of hydrogen-bond acceptors (Lipinski definition) is 4. The van der Waals surface area contributed by atoms with Crippen LogP contribution in [0.2, 0.25) is 0 Å². The number of ether oxygens (including phenoxy) is 1. The fourth-order valence-corrected chi connectivity index (χ4v) is 3.70. The molecule has 2 aliphatic rings. The van der Waals surface area contributed by atoms with Crippen molar-refractivity contribution in [2.75, 3.05) is 11.9 Å². The van der Waals surface area contributed by atoms with Crippen molar-refractivity contribution in [2.45, 2.75) is 12.3 Å². The fraction of sp³-hybridized carbons (Fsp3) is 0.167. The number of halogens is 1. The van der Waals surface area contributed by atoms with E-state index in [1.807, 2.05) is 30.3 Å². The molecule has 0 saturated carbocycles. The van der Waals surface area contributed by atoms with Crippen molar-refractivity contribution < 1.29 is 4.74 Å². The summed E-state index contributed by atoms with van der Waals surface area (Å²) in [6, 6.07) is 14.3. The Kier molecular flexibility index (Phi) is 3.28.